The molecule has 0 bridgehead atoms. The molecule has 0 aromatic carbocycles. The molecule has 1 aromatic heterocycles. The average Bonchev–Trinajstić information content (AvgIpc) is 2.66. The first kappa shape index (κ1) is 11.6. The molecule has 0 atom stereocenters. The summed E-state index contributed by atoms with van der Waals surface area (Å²) in [5.41, 5.74) is 0. The molecule has 3 nitrogen and oxygen atoms in total. The lowest BCUT2D eigenvalue weighted by molar-refractivity contribution is 0.102. The number of Topliss-reactive ketones (excluding diaryl/α,β-unsaturated/α-hetero) is 1. The molecule has 0 amide bonds. The first-order chi connectivity index (χ1) is 7.77. The summed E-state index contributed by atoms with van der Waals surface area (Å²) in [6, 6.07) is 0. The Morgan fingerprint density at radius 1 is 1.25 bits per heavy atom. The van der Waals surface area contributed by atoms with E-state index in [-0.39, 0.29) is 5.78 Å². The van der Waals surface area contributed by atoms with E-state index in [0.717, 1.165) is 23.1 Å². The second-order valence-corrected chi connectivity index (χ2v) is 5.33. The number of nitrogens with zero attached hydrogens (tertiary/aromatic N) is 2. The molecule has 4 heteroatoms. The van der Waals surface area contributed by atoms with Crippen LogP contribution in [0.5, 0.6) is 0 Å². The maximum atomic E-state index is 11.2. The summed E-state index contributed by atoms with van der Waals surface area (Å²) < 4.78 is 0. The van der Waals surface area contributed by atoms with Gasteiger partial charge in [-0.1, -0.05) is 30.6 Å². The van der Waals surface area contributed by atoms with Crippen molar-refractivity contribution in [3.05, 3.63) is 11.1 Å². The first-order valence-corrected chi connectivity index (χ1v) is 6.81. The maximum Gasteiger partial charge on any atom is 0.185 e. The van der Waals surface area contributed by atoms with Gasteiger partial charge in [0.25, 0.3) is 0 Å². The molecule has 2 rings (SSSR count). The summed E-state index contributed by atoms with van der Waals surface area (Å²) >= 11 is 1.53. The standard InChI is InChI=1S/C12H18N2OS/c1-10(15)11-9-13-12(16-11)14-7-5-3-2-4-6-8-14/h9H,2-8H2,1H3. The molecule has 0 N–H and O–H groups in total. The number of hydrogen-bond acceptors (Lipinski definition) is 4. The largest absolute Gasteiger partial charge is 0.348 e. The van der Waals surface area contributed by atoms with E-state index in [1.165, 1.54) is 43.4 Å². The van der Waals surface area contributed by atoms with Crippen molar-refractivity contribution >= 4 is 22.3 Å². The van der Waals surface area contributed by atoms with Gasteiger partial charge in [-0.2, -0.15) is 0 Å². The highest BCUT2D eigenvalue weighted by Crippen LogP contribution is 2.25. The Bertz CT molecular complexity index is 354. The fourth-order valence-electron chi connectivity index (χ4n) is 2.01. The van der Waals surface area contributed by atoms with Crippen LogP contribution < -0.4 is 4.90 Å². The number of ketones is 1. The predicted octanol–water partition coefficient (Wildman–Crippen LogP) is 3.12. The van der Waals surface area contributed by atoms with Crippen molar-refractivity contribution in [3.8, 4) is 0 Å². The van der Waals surface area contributed by atoms with Gasteiger partial charge in [-0.05, 0) is 12.8 Å². The van der Waals surface area contributed by atoms with Crippen LogP contribution in [0.1, 0.15) is 48.7 Å². The monoisotopic (exact) mass is 238 g/mol. The van der Waals surface area contributed by atoms with Crippen LogP contribution >= 0.6 is 11.3 Å². The molecule has 0 radical (unpaired) electrons. The van der Waals surface area contributed by atoms with Crippen molar-refractivity contribution in [2.75, 3.05) is 18.0 Å². The predicted molar refractivity (Wildman–Crippen MR) is 67.4 cm³/mol. The summed E-state index contributed by atoms with van der Waals surface area (Å²) in [4.78, 5) is 18.7. The molecule has 1 aliphatic rings. The van der Waals surface area contributed by atoms with Gasteiger partial charge in [0.1, 0.15) is 0 Å². The van der Waals surface area contributed by atoms with Gasteiger partial charge in [0.15, 0.2) is 10.9 Å². The first-order valence-electron chi connectivity index (χ1n) is 5.99. The zero-order chi connectivity index (χ0) is 11.4. The molecule has 1 aromatic rings. The van der Waals surface area contributed by atoms with Crippen molar-refractivity contribution in [1.82, 2.24) is 4.98 Å². The zero-order valence-corrected chi connectivity index (χ0v) is 10.6. The van der Waals surface area contributed by atoms with Crippen molar-refractivity contribution in [2.24, 2.45) is 0 Å². The van der Waals surface area contributed by atoms with Crippen molar-refractivity contribution in [3.63, 3.8) is 0 Å². The van der Waals surface area contributed by atoms with Gasteiger partial charge in [-0.25, -0.2) is 4.98 Å². The van der Waals surface area contributed by atoms with E-state index in [4.69, 9.17) is 0 Å². The number of aromatic nitrogens is 1. The third-order valence-electron chi connectivity index (χ3n) is 2.97. The quantitative estimate of drug-likeness (QED) is 0.742. The molecule has 1 fully saturated rings. The van der Waals surface area contributed by atoms with Gasteiger partial charge in [0.05, 0.1) is 11.1 Å². The Hall–Kier alpha value is -0.900. The van der Waals surface area contributed by atoms with Gasteiger partial charge in [0.2, 0.25) is 0 Å². The SMILES string of the molecule is CC(=O)c1cnc(N2CCCCCCC2)s1. The molecular weight excluding hydrogens is 220 g/mol. The minimum atomic E-state index is 0.121. The number of hydrogen-bond donors (Lipinski definition) is 0. The van der Waals surface area contributed by atoms with Gasteiger partial charge in [-0.3, -0.25) is 4.79 Å². The summed E-state index contributed by atoms with van der Waals surface area (Å²) in [6.45, 7) is 3.78. The summed E-state index contributed by atoms with van der Waals surface area (Å²) in [7, 11) is 0. The van der Waals surface area contributed by atoms with Gasteiger partial charge in [-0.15, -0.1) is 0 Å². The van der Waals surface area contributed by atoms with Crippen LogP contribution in [0.3, 0.4) is 0 Å². The third kappa shape index (κ3) is 2.82. The van der Waals surface area contributed by atoms with E-state index in [9.17, 15) is 4.79 Å². The second kappa shape index (κ2) is 5.43. The highest BCUT2D eigenvalue weighted by molar-refractivity contribution is 7.17. The van der Waals surface area contributed by atoms with Crippen LogP contribution in [0.25, 0.3) is 0 Å². The normalized spacial score (nSPS) is 17.9. The van der Waals surface area contributed by atoms with E-state index in [2.05, 4.69) is 9.88 Å². The smallest absolute Gasteiger partial charge is 0.185 e. The minimum Gasteiger partial charge on any atom is -0.348 e. The van der Waals surface area contributed by atoms with Gasteiger partial charge >= 0.3 is 0 Å². The fraction of sp³-hybridized carbons (Fsp3) is 0.667. The molecule has 0 unspecified atom stereocenters. The molecule has 1 aliphatic heterocycles. The van der Waals surface area contributed by atoms with E-state index in [1.54, 1.807) is 13.1 Å². The van der Waals surface area contributed by atoms with E-state index in [0.29, 0.717) is 0 Å². The molecule has 2 heterocycles. The van der Waals surface area contributed by atoms with Crippen LogP contribution in [0.4, 0.5) is 5.13 Å². The molecule has 16 heavy (non-hydrogen) atoms. The third-order valence-corrected chi connectivity index (χ3v) is 4.13. The molecule has 88 valence electrons. The highest BCUT2D eigenvalue weighted by atomic mass is 32.1. The lowest BCUT2D eigenvalue weighted by Gasteiger charge is -2.23. The van der Waals surface area contributed by atoms with E-state index >= 15 is 0 Å². The number of anilines is 1. The Morgan fingerprint density at radius 3 is 2.44 bits per heavy atom. The van der Waals surface area contributed by atoms with Crippen molar-refractivity contribution < 1.29 is 4.79 Å². The van der Waals surface area contributed by atoms with Crippen molar-refractivity contribution in [1.29, 1.82) is 0 Å². The Morgan fingerprint density at radius 2 is 1.88 bits per heavy atom. The van der Waals surface area contributed by atoms with Gasteiger partial charge in [0, 0.05) is 20.0 Å². The molecule has 1 saturated heterocycles. The minimum absolute atomic E-state index is 0.121. The lowest BCUT2D eigenvalue weighted by Crippen LogP contribution is -2.26. The van der Waals surface area contributed by atoms with Crippen LogP contribution in [0, 0.1) is 0 Å². The van der Waals surface area contributed by atoms with Gasteiger partial charge < -0.3 is 4.90 Å². The summed E-state index contributed by atoms with van der Waals surface area (Å²) in [5, 5.41) is 1.02. The van der Waals surface area contributed by atoms with Crippen LogP contribution in [-0.2, 0) is 0 Å². The molecular formula is C12H18N2OS. The Labute approximate surface area is 100 Å². The van der Waals surface area contributed by atoms with E-state index in [1.807, 2.05) is 0 Å². The Balaban J connectivity index is 2.05. The van der Waals surface area contributed by atoms with E-state index < -0.39 is 0 Å². The lowest BCUT2D eigenvalue weighted by atomic mass is 10.1. The summed E-state index contributed by atoms with van der Waals surface area (Å²) in [5.74, 6) is 0.121. The molecule has 0 spiro atoms. The van der Waals surface area contributed by atoms with Crippen LogP contribution in [0.15, 0.2) is 6.20 Å². The Kier molecular flexibility index (Phi) is 3.93. The molecule has 0 saturated carbocycles. The topological polar surface area (TPSA) is 33.2 Å². The second-order valence-electron chi connectivity index (χ2n) is 4.32. The van der Waals surface area contributed by atoms with Crippen LogP contribution in [0.2, 0.25) is 0 Å². The maximum absolute atomic E-state index is 11.2. The number of thiazole rings is 1. The summed E-state index contributed by atoms with van der Waals surface area (Å²) in [6.07, 6.45) is 8.21. The fourth-order valence-corrected chi connectivity index (χ4v) is 2.88. The molecule has 0 aliphatic carbocycles. The number of rotatable bonds is 2. The van der Waals surface area contributed by atoms with Crippen LogP contribution in [-0.4, -0.2) is 23.9 Å². The average molecular weight is 238 g/mol. The van der Waals surface area contributed by atoms with Crippen molar-refractivity contribution in [2.45, 2.75) is 39.0 Å². The highest BCUT2D eigenvalue weighted by Gasteiger charge is 2.13. The number of carbonyl (C=O) groups is 1. The number of carbonyl (C=O) groups excluding carboxylic acids is 1. The zero-order valence-electron chi connectivity index (χ0n) is 9.74.